The second-order valence-electron chi connectivity index (χ2n) is 7.18. The highest BCUT2D eigenvalue weighted by Crippen LogP contribution is 2.25. The van der Waals surface area contributed by atoms with Gasteiger partial charge in [-0.25, -0.2) is 0 Å². The van der Waals surface area contributed by atoms with Crippen molar-refractivity contribution in [1.29, 1.82) is 5.26 Å². The molecule has 2 fully saturated rings. The number of ether oxygens (including phenoxy) is 1. The van der Waals surface area contributed by atoms with Gasteiger partial charge in [0, 0.05) is 51.6 Å². The third kappa shape index (κ3) is 6.89. The molecule has 0 amide bonds. The Bertz CT molecular complexity index is 620. The molecule has 0 radical (unpaired) electrons. The Labute approximate surface area is 169 Å². The van der Waals surface area contributed by atoms with Crippen molar-refractivity contribution in [3.63, 3.8) is 0 Å². The van der Waals surface area contributed by atoms with E-state index in [9.17, 15) is 0 Å². The minimum absolute atomic E-state index is 0.495. The zero-order valence-corrected chi connectivity index (χ0v) is 17.6. The standard InChI is InChI=1S/C13H21N5O.C5H11N.C2H3N/c1-19-13-16-11-3-5-14-4-2-10(11)12(17-13)18-8-6-15-7-9-18;1-6-4-2-3-5-6;1-2-3/h14-15H,2-9H2,1H3;2-5H2,1H3;1H3. The topological polar surface area (TPSA) is 89.3 Å². The summed E-state index contributed by atoms with van der Waals surface area (Å²) in [5, 5.41) is 14.1. The molecular formula is C20H35N7O. The van der Waals surface area contributed by atoms with Crippen LogP contribution < -0.4 is 20.3 Å². The summed E-state index contributed by atoms with van der Waals surface area (Å²) in [5.41, 5.74) is 2.44. The highest BCUT2D eigenvalue weighted by Gasteiger charge is 2.22. The summed E-state index contributed by atoms with van der Waals surface area (Å²) in [6, 6.07) is 2.24. The molecule has 0 bridgehead atoms. The second kappa shape index (κ2) is 12.5. The SMILES string of the molecule is CC#N.CN1CCCC1.COc1nc2c(c(N3CCNCC3)n1)CCNCC2. The largest absolute Gasteiger partial charge is 0.467 e. The van der Waals surface area contributed by atoms with Gasteiger partial charge >= 0.3 is 6.01 Å². The average molecular weight is 390 g/mol. The number of fused-ring (bicyclic) bond motifs is 1. The highest BCUT2D eigenvalue weighted by molar-refractivity contribution is 5.51. The fourth-order valence-electron chi connectivity index (χ4n) is 3.61. The minimum Gasteiger partial charge on any atom is -0.467 e. The van der Waals surface area contributed by atoms with E-state index < -0.39 is 0 Å². The first kappa shape index (κ1) is 22.3. The second-order valence-corrected chi connectivity index (χ2v) is 7.18. The van der Waals surface area contributed by atoms with Crippen LogP contribution in [-0.2, 0) is 12.8 Å². The number of nitrogens with one attached hydrogen (secondary N) is 2. The number of hydrogen-bond donors (Lipinski definition) is 2. The van der Waals surface area contributed by atoms with Gasteiger partial charge in [0.15, 0.2) is 0 Å². The molecular weight excluding hydrogens is 354 g/mol. The van der Waals surface area contributed by atoms with Gasteiger partial charge in [-0.1, -0.05) is 0 Å². The summed E-state index contributed by atoms with van der Waals surface area (Å²) in [6.07, 6.45) is 4.78. The van der Waals surface area contributed by atoms with Crippen molar-refractivity contribution >= 4 is 5.82 Å². The van der Waals surface area contributed by atoms with Crippen LogP contribution in [0.2, 0.25) is 0 Å². The lowest BCUT2D eigenvalue weighted by Gasteiger charge is -2.30. The minimum atomic E-state index is 0.495. The smallest absolute Gasteiger partial charge is 0.318 e. The molecule has 3 aliphatic rings. The van der Waals surface area contributed by atoms with E-state index in [-0.39, 0.29) is 0 Å². The predicted octanol–water partition coefficient (Wildman–Crippen LogP) is 0.825. The molecule has 0 spiro atoms. The predicted molar refractivity (Wildman–Crippen MR) is 112 cm³/mol. The summed E-state index contributed by atoms with van der Waals surface area (Å²) in [6.45, 7) is 10.1. The summed E-state index contributed by atoms with van der Waals surface area (Å²) in [4.78, 5) is 13.9. The van der Waals surface area contributed by atoms with E-state index in [0.29, 0.717) is 6.01 Å². The first-order chi connectivity index (χ1) is 13.7. The summed E-state index contributed by atoms with van der Waals surface area (Å²) >= 11 is 0. The maximum absolute atomic E-state index is 7.32. The highest BCUT2D eigenvalue weighted by atomic mass is 16.5. The first-order valence-corrected chi connectivity index (χ1v) is 10.3. The van der Waals surface area contributed by atoms with Crippen LogP contribution in [0.4, 0.5) is 5.82 Å². The van der Waals surface area contributed by atoms with E-state index in [1.165, 1.54) is 38.4 Å². The lowest BCUT2D eigenvalue weighted by atomic mass is 10.1. The molecule has 4 rings (SSSR count). The molecule has 3 aliphatic heterocycles. The zero-order valence-electron chi connectivity index (χ0n) is 17.6. The first-order valence-electron chi connectivity index (χ1n) is 10.3. The third-order valence-corrected chi connectivity index (χ3v) is 5.07. The Kier molecular flexibility index (Phi) is 9.97. The molecule has 156 valence electrons. The number of piperazine rings is 1. The van der Waals surface area contributed by atoms with Gasteiger partial charge in [-0.2, -0.15) is 15.2 Å². The molecule has 1 aromatic heterocycles. The van der Waals surface area contributed by atoms with E-state index >= 15 is 0 Å². The van der Waals surface area contributed by atoms with E-state index in [1.54, 1.807) is 13.2 Å². The number of nitriles is 1. The third-order valence-electron chi connectivity index (χ3n) is 5.07. The van der Waals surface area contributed by atoms with Crippen LogP contribution in [-0.4, -0.2) is 81.4 Å². The Balaban J connectivity index is 0.000000260. The van der Waals surface area contributed by atoms with Crippen LogP contribution >= 0.6 is 0 Å². The summed E-state index contributed by atoms with van der Waals surface area (Å²) < 4.78 is 5.27. The van der Waals surface area contributed by atoms with Crippen LogP contribution in [0, 0.1) is 11.3 Å². The van der Waals surface area contributed by atoms with Gasteiger partial charge in [0.25, 0.3) is 0 Å². The van der Waals surface area contributed by atoms with Gasteiger partial charge in [-0.3, -0.25) is 0 Å². The average Bonchev–Trinajstić information content (AvgIpc) is 3.08. The molecule has 0 saturated carbocycles. The molecule has 0 aromatic carbocycles. The molecule has 0 atom stereocenters. The number of likely N-dealkylation sites (tertiary alicyclic amines) is 1. The molecule has 8 nitrogen and oxygen atoms in total. The van der Waals surface area contributed by atoms with Crippen LogP contribution in [0.5, 0.6) is 6.01 Å². The van der Waals surface area contributed by atoms with Crippen molar-refractivity contribution in [3.05, 3.63) is 11.3 Å². The lowest BCUT2D eigenvalue weighted by molar-refractivity contribution is 0.377. The van der Waals surface area contributed by atoms with Gasteiger partial charge in [0.2, 0.25) is 0 Å². The van der Waals surface area contributed by atoms with Crippen molar-refractivity contribution in [2.24, 2.45) is 0 Å². The molecule has 4 heterocycles. The van der Waals surface area contributed by atoms with Crippen LogP contribution in [0.3, 0.4) is 0 Å². The summed E-state index contributed by atoms with van der Waals surface area (Å²) in [7, 11) is 3.81. The van der Waals surface area contributed by atoms with Crippen LogP contribution in [0.25, 0.3) is 0 Å². The van der Waals surface area contributed by atoms with Crippen molar-refractivity contribution in [1.82, 2.24) is 25.5 Å². The van der Waals surface area contributed by atoms with Crippen molar-refractivity contribution in [2.45, 2.75) is 32.6 Å². The Morgan fingerprint density at radius 2 is 1.57 bits per heavy atom. The molecule has 28 heavy (non-hydrogen) atoms. The zero-order chi connectivity index (χ0) is 20.2. The van der Waals surface area contributed by atoms with E-state index in [4.69, 9.17) is 10.00 Å². The fraction of sp³-hybridized carbons (Fsp3) is 0.750. The molecule has 0 unspecified atom stereocenters. The number of methoxy groups -OCH3 is 1. The van der Waals surface area contributed by atoms with Crippen molar-refractivity contribution in [3.8, 4) is 12.1 Å². The Hall–Kier alpha value is -1.95. The van der Waals surface area contributed by atoms with Gasteiger partial charge < -0.3 is 25.2 Å². The number of aromatic nitrogens is 2. The number of nitrogens with zero attached hydrogens (tertiary/aromatic N) is 5. The van der Waals surface area contributed by atoms with E-state index in [0.717, 1.165) is 63.6 Å². The molecule has 2 N–H and O–H groups in total. The van der Waals surface area contributed by atoms with Crippen LogP contribution in [0.1, 0.15) is 31.0 Å². The van der Waals surface area contributed by atoms with Gasteiger partial charge in [0.1, 0.15) is 5.82 Å². The lowest BCUT2D eigenvalue weighted by Crippen LogP contribution is -2.44. The summed E-state index contributed by atoms with van der Waals surface area (Å²) in [5.74, 6) is 1.08. The normalized spacial score (nSPS) is 19.1. The van der Waals surface area contributed by atoms with Gasteiger partial charge in [-0.05, 0) is 45.9 Å². The maximum atomic E-state index is 7.32. The molecule has 2 saturated heterocycles. The fourth-order valence-corrected chi connectivity index (χ4v) is 3.61. The van der Waals surface area contributed by atoms with Crippen molar-refractivity contribution in [2.75, 3.05) is 71.4 Å². The maximum Gasteiger partial charge on any atom is 0.318 e. The van der Waals surface area contributed by atoms with Gasteiger partial charge in [0.05, 0.1) is 18.9 Å². The number of anilines is 1. The molecule has 1 aromatic rings. The number of hydrogen-bond acceptors (Lipinski definition) is 8. The van der Waals surface area contributed by atoms with E-state index in [1.807, 2.05) is 0 Å². The Morgan fingerprint density at radius 3 is 2.14 bits per heavy atom. The van der Waals surface area contributed by atoms with E-state index in [2.05, 4.69) is 37.4 Å². The van der Waals surface area contributed by atoms with Crippen molar-refractivity contribution < 1.29 is 4.74 Å². The molecule has 0 aliphatic carbocycles. The quantitative estimate of drug-likeness (QED) is 0.769. The van der Waals surface area contributed by atoms with Crippen LogP contribution in [0.15, 0.2) is 0 Å². The van der Waals surface area contributed by atoms with Gasteiger partial charge in [-0.15, -0.1) is 0 Å². The monoisotopic (exact) mass is 389 g/mol. The molecule has 8 heteroatoms. The number of rotatable bonds is 2. The Morgan fingerprint density at radius 1 is 0.964 bits per heavy atom.